The van der Waals surface area contributed by atoms with Gasteiger partial charge in [-0.1, -0.05) is 0 Å². The minimum Gasteiger partial charge on any atom is -0.478 e. The summed E-state index contributed by atoms with van der Waals surface area (Å²) in [5.74, 6) is 0.831. The number of hydrogen-bond donors (Lipinski definition) is 2. The Morgan fingerprint density at radius 3 is 2.53 bits per heavy atom. The first-order valence-corrected chi connectivity index (χ1v) is 6.14. The standard InChI is InChI=1S/C15H17NO3/c1-9-8-12(5-6-13(9)15(17)18)16-11(3)14-7-4-10(2)19-14/h4-8,11,16H,1-3H3,(H,17,18). The first kappa shape index (κ1) is 13.2. The van der Waals surface area contributed by atoms with Gasteiger partial charge in [-0.15, -0.1) is 0 Å². The van der Waals surface area contributed by atoms with Gasteiger partial charge in [-0.25, -0.2) is 4.79 Å². The molecule has 0 spiro atoms. The lowest BCUT2D eigenvalue weighted by Crippen LogP contribution is -2.07. The molecule has 2 N–H and O–H groups in total. The van der Waals surface area contributed by atoms with Crippen molar-refractivity contribution >= 4 is 11.7 Å². The largest absolute Gasteiger partial charge is 0.478 e. The van der Waals surface area contributed by atoms with Crippen LogP contribution in [-0.4, -0.2) is 11.1 Å². The predicted octanol–water partition coefficient (Wildman–Crippen LogP) is 3.77. The molecule has 0 saturated heterocycles. The number of aryl methyl sites for hydroxylation is 2. The van der Waals surface area contributed by atoms with Gasteiger partial charge in [0.15, 0.2) is 0 Å². The fourth-order valence-corrected chi connectivity index (χ4v) is 2.00. The maximum Gasteiger partial charge on any atom is 0.335 e. The molecule has 0 amide bonds. The third-order valence-corrected chi connectivity index (χ3v) is 3.03. The van der Waals surface area contributed by atoms with Crippen LogP contribution in [-0.2, 0) is 0 Å². The van der Waals surface area contributed by atoms with Gasteiger partial charge >= 0.3 is 5.97 Å². The van der Waals surface area contributed by atoms with Crippen LogP contribution in [0.1, 0.15) is 40.4 Å². The van der Waals surface area contributed by atoms with Crippen LogP contribution in [0.5, 0.6) is 0 Å². The number of carbonyl (C=O) groups is 1. The molecule has 0 radical (unpaired) electrons. The monoisotopic (exact) mass is 259 g/mol. The number of furan rings is 1. The molecule has 4 heteroatoms. The second kappa shape index (κ2) is 5.18. The molecule has 4 nitrogen and oxygen atoms in total. The Morgan fingerprint density at radius 1 is 1.26 bits per heavy atom. The fourth-order valence-electron chi connectivity index (χ4n) is 2.00. The van der Waals surface area contributed by atoms with Crippen LogP contribution in [0.3, 0.4) is 0 Å². The van der Waals surface area contributed by atoms with Crippen molar-refractivity contribution in [2.24, 2.45) is 0 Å². The zero-order valence-corrected chi connectivity index (χ0v) is 11.2. The Bertz CT molecular complexity index is 601. The number of carboxylic acid groups (broad SMARTS) is 1. The Kier molecular flexibility index (Phi) is 3.60. The fraction of sp³-hybridized carbons (Fsp3) is 0.267. The summed E-state index contributed by atoms with van der Waals surface area (Å²) in [6.07, 6.45) is 0. The number of rotatable bonds is 4. The van der Waals surface area contributed by atoms with E-state index < -0.39 is 5.97 Å². The van der Waals surface area contributed by atoms with Crippen LogP contribution < -0.4 is 5.32 Å². The molecule has 1 unspecified atom stereocenters. The average molecular weight is 259 g/mol. The van der Waals surface area contributed by atoms with Crippen molar-refractivity contribution in [3.63, 3.8) is 0 Å². The topological polar surface area (TPSA) is 62.5 Å². The van der Waals surface area contributed by atoms with Crippen LogP contribution in [0, 0.1) is 13.8 Å². The molecule has 1 aromatic carbocycles. The summed E-state index contributed by atoms with van der Waals surface area (Å²) in [6, 6.07) is 9.10. The zero-order valence-electron chi connectivity index (χ0n) is 11.2. The summed E-state index contributed by atoms with van der Waals surface area (Å²) < 4.78 is 5.55. The van der Waals surface area contributed by atoms with E-state index in [1.54, 1.807) is 19.1 Å². The lowest BCUT2D eigenvalue weighted by atomic mass is 10.1. The minimum atomic E-state index is -0.904. The zero-order chi connectivity index (χ0) is 14.0. The van der Waals surface area contributed by atoms with Crippen molar-refractivity contribution in [1.29, 1.82) is 0 Å². The average Bonchev–Trinajstić information content (AvgIpc) is 2.75. The molecule has 0 aliphatic heterocycles. The first-order valence-electron chi connectivity index (χ1n) is 6.14. The van der Waals surface area contributed by atoms with Gasteiger partial charge in [0.2, 0.25) is 0 Å². The van der Waals surface area contributed by atoms with Gasteiger partial charge in [0, 0.05) is 5.69 Å². The normalized spacial score (nSPS) is 12.2. The third-order valence-electron chi connectivity index (χ3n) is 3.03. The summed E-state index contributed by atoms with van der Waals surface area (Å²) in [5, 5.41) is 12.3. The van der Waals surface area contributed by atoms with Crippen molar-refractivity contribution < 1.29 is 14.3 Å². The minimum absolute atomic E-state index is 0.0313. The van der Waals surface area contributed by atoms with E-state index in [2.05, 4.69) is 5.32 Å². The van der Waals surface area contributed by atoms with Crippen molar-refractivity contribution in [3.8, 4) is 0 Å². The van der Waals surface area contributed by atoms with E-state index in [0.29, 0.717) is 5.56 Å². The van der Waals surface area contributed by atoms with Crippen LogP contribution in [0.25, 0.3) is 0 Å². The third kappa shape index (κ3) is 2.96. The van der Waals surface area contributed by atoms with Gasteiger partial charge in [0.05, 0.1) is 11.6 Å². The summed E-state index contributed by atoms with van der Waals surface area (Å²) >= 11 is 0. The van der Waals surface area contributed by atoms with Gasteiger partial charge in [0.1, 0.15) is 11.5 Å². The second-order valence-corrected chi connectivity index (χ2v) is 4.65. The van der Waals surface area contributed by atoms with Crippen LogP contribution in [0.15, 0.2) is 34.7 Å². The van der Waals surface area contributed by atoms with E-state index in [4.69, 9.17) is 9.52 Å². The molecule has 0 aliphatic carbocycles. The molecular formula is C15H17NO3. The Labute approximate surface area is 112 Å². The van der Waals surface area contributed by atoms with Gasteiger partial charge in [-0.3, -0.25) is 0 Å². The Balaban J connectivity index is 2.15. The Morgan fingerprint density at radius 2 is 2.00 bits per heavy atom. The van der Waals surface area contributed by atoms with E-state index in [-0.39, 0.29) is 6.04 Å². The van der Waals surface area contributed by atoms with Crippen molar-refractivity contribution in [2.45, 2.75) is 26.8 Å². The number of anilines is 1. The van der Waals surface area contributed by atoms with Crippen LogP contribution in [0.2, 0.25) is 0 Å². The molecule has 0 saturated carbocycles. The van der Waals surface area contributed by atoms with Crippen molar-refractivity contribution in [3.05, 3.63) is 53.0 Å². The lowest BCUT2D eigenvalue weighted by molar-refractivity contribution is 0.0696. The van der Waals surface area contributed by atoms with E-state index in [1.807, 2.05) is 32.0 Å². The molecule has 100 valence electrons. The van der Waals surface area contributed by atoms with Crippen molar-refractivity contribution in [1.82, 2.24) is 0 Å². The number of hydrogen-bond acceptors (Lipinski definition) is 3. The molecule has 2 rings (SSSR count). The van der Waals surface area contributed by atoms with Crippen LogP contribution >= 0.6 is 0 Å². The number of benzene rings is 1. The highest BCUT2D eigenvalue weighted by atomic mass is 16.4. The SMILES string of the molecule is Cc1ccc(C(C)Nc2ccc(C(=O)O)c(C)c2)o1. The number of carboxylic acids is 1. The molecule has 19 heavy (non-hydrogen) atoms. The summed E-state index contributed by atoms with van der Waals surface area (Å²) in [4.78, 5) is 10.9. The summed E-state index contributed by atoms with van der Waals surface area (Å²) in [6.45, 7) is 5.69. The molecule has 0 bridgehead atoms. The van der Waals surface area contributed by atoms with E-state index >= 15 is 0 Å². The number of aromatic carboxylic acids is 1. The van der Waals surface area contributed by atoms with Gasteiger partial charge in [0.25, 0.3) is 0 Å². The predicted molar refractivity (Wildman–Crippen MR) is 73.6 cm³/mol. The smallest absolute Gasteiger partial charge is 0.335 e. The molecule has 0 fully saturated rings. The van der Waals surface area contributed by atoms with E-state index in [1.165, 1.54) is 0 Å². The Hall–Kier alpha value is -2.23. The maximum absolute atomic E-state index is 10.9. The highest BCUT2D eigenvalue weighted by molar-refractivity contribution is 5.89. The summed E-state index contributed by atoms with van der Waals surface area (Å²) in [5.41, 5.74) is 1.94. The van der Waals surface area contributed by atoms with Gasteiger partial charge < -0.3 is 14.8 Å². The number of nitrogens with one attached hydrogen (secondary N) is 1. The van der Waals surface area contributed by atoms with Gasteiger partial charge in [-0.05, 0) is 56.7 Å². The summed E-state index contributed by atoms with van der Waals surface area (Å²) in [7, 11) is 0. The highest BCUT2D eigenvalue weighted by Gasteiger charge is 2.11. The van der Waals surface area contributed by atoms with E-state index in [9.17, 15) is 4.79 Å². The van der Waals surface area contributed by atoms with Crippen molar-refractivity contribution in [2.75, 3.05) is 5.32 Å². The molecule has 2 aromatic rings. The molecule has 1 heterocycles. The molecule has 1 atom stereocenters. The lowest BCUT2D eigenvalue weighted by Gasteiger charge is -2.14. The van der Waals surface area contributed by atoms with E-state index in [0.717, 1.165) is 22.8 Å². The quantitative estimate of drug-likeness (QED) is 0.877. The second-order valence-electron chi connectivity index (χ2n) is 4.65. The molecular weight excluding hydrogens is 242 g/mol. The highest BCUT2D eigenvalue weighted by Crippen LogP contribution is 2.22. The molecule has 1 aromatic heterocycles. The molecule has 0 aliphatic rings. The van der Waals surface area contributed by atoms with Gasteiger partial charge in [-0.2, -0.15) is 0 Å². The maximum atomic E-state index is 10.9. The first-order chi connectivity index (χ1) is 8.97. The van der Waals surface area contributed by atoms with Crippen LogP contribution in [0.4, 0.5) is 5.69 Å².